The smallest absolute Gasteiger partial charge is 0.347 e. The van der Waals surface area contributed by atoms with Crippen LogP contribution < -0.4 is 10.1 Å². The summed E-state index contributed by atoms with van der Waals surface area (Å²) in [6.07, 6.45) is -0.133. The van der Waals surface area contributed by atoms with E-state index in [1.54, 1.807) is 13.0 Å². The molecule has 0 aliphatic rings. The van der Waals surface area contributed by atoms with E-state index in [2.05, 4.69) is 32.7 Å². The minimum absolute atomic E-state index is 0.0529. The Morgan fingerprint density at radius 2 is 1.75 bits per heavy atom. The van der Waals surface area contributed by atoms with E-state index >= 15 is 0 Å². The van der Waals surface area contributed by atoms with Gasteiger partial charge in [0.1, 0.15) is 5.75 Å². The van der Waals surface area contributed by atoms with E-state index in [0.29, 0.717) is 12.3 Å². The lowest BCUT2D eigenvalue weighted by Gasteiger charge is -2.20. The maximum Gasteiger partial charge on any atom is 0.347 e. The fourth-order valence-corrected chi connectivity index (χ4v) is 1.93. The second kappa shape index (κ2) is 8.52. The molecule has 0 aliphatic carbocycles. The average Bonchev–Trinajstić information content (AvgIpc) is 2.51. The molecule has 0 radical (unpaired) electrons. The van der Waals surface area contributed by atoms with Gasteiger partial charge in [0.2, 0.25) is 0 Å². The Balaban J connectivity index is 2.57. The Morgan fingerprint density at radius 3 is 2.25 bits per heavy atom. The summed E-state index contributed by atoms with van der Waals surface area (Å²) in [6.45, 7) is 13.3. The van der Waals surface area contributed by atoms with Crippen molar-refractivity contribution in [3.63, 3.8) is 0 Å². The number of ether oxygens (including phenoxy) is 2. The summed E-state index contributed by atoms with van der Waals surface area (Å²) in [7, 11) is 0. The zero-order valence-electron chi connectivity index (χ0n) is 15.1. The van der Waals surface area contributed by atoms with Gasteiger partial charge in [0.15, 0.2) is 12.2 Å². The highest BCUT2D eigenvalue weighted by Crippen LogP contribution is 2.24. The highest BCUT2D eigenvalue weighted by atomic mass is 16.6. The highest BCUT2D eigenvalue weighted by Gasteiger charge is 2.23. The van der Waals surface area contributed by atoms with Crippen molar-refractivity contribution in [2.45, 2.75) is 52.2 Å². The third-order valence-electron chi connectivity index (χ3n) is 3.45. The Kier molecular flexibility index (Phi) is 7.01. The summed E-state index contributed by atoms with van der Waals surface area (Å²) < 4.78 is 10.7. The minimum Gasteiger partial charge on any atom is -0.479 e. The fraction of sp³-hybridized carbons (Fsp3) is 0.474. The Hall–Kier alpha value is -2.30. The van der Waals surface area contributed by atoms with Crippen molar-refractivity contribution in [1.29, 1.82) is 0 Å². The summed E-state index contributed by atoms with van der Waals surface area (Å²) in [5, 5.41) is 2.57. The molecule has 0 aromatic heterocycles. The molecule has 0 fully saturated rings. The number of hydrogen-bond donors (Lipinski definition) is 1. The molecule has 5 heteroatoms. The van der Waals surface area contributed by atoms with Gasteiger partial charge in [-0.25, -0.2) is 4.79 Å². The normalized spacial score (nSPS) is 13.5. The van der Waals surface area contributed by atoms with Gasteiger partial charge >= 0.3 is 5.97 Å². The molecular weight excluding hydrogens is 306 g/mol. The SMILES string of the molecule is C=CCNC(=O)[C@@H](C)OC(=O)[C@@H](C)Oc1ccc(C(C)(C)C)cc1. The molecule has 5 nitrogen and oxygen atoms in total. The van der Waals surface area contributed by atoms with Crippen LogP contribution in [-0.2, 0) is 19.7 Å². The number of esters is 1. The van der Waals surface area contributed by atoms with Gasteiger partial charge in [-0.3, -0.25) is 4.79 Å². The topological polar surface area (TPSA) is 64.6 Å². The number of nitrogens with one attached hydrogen (secondary N) is 1. The number of carbonyl (C=O) groups excluding carboxylic acids is 2. The van der Waals surface area contributed by atoms with Crippen molar-refractivity contribution in [2.75, 3.05) is 6.54 Å². The summed E-state index contributed by atoms with van der Waals surface area (Å²) >= 11 is 0. The molecule has 1 N–H and O–H groups in total. The predicted octanol–water partition coefficient (Wildman–Crippen LogP) is 2.99. The molecule has 1 rings (SSSR count). The van der Waals surface area contributed by atoms with Crippen LogP contribution in [0.2, 0.25) is 0 Å². The maximum absolute atomic E-state index is 12.0. The molecule has 24 heavy (non-hydrogen) atoms. The van der Waals surface area contributed by atoms with Gasteiger partial charge in [0.05, 0.1) is 0 Å². The lowest BCUT2D eigenvalue weighted by molar-refractivity contribution is -0.160. The molecule has 0 saturated carbocycles. The molecule has 0 saturated heterocycles. The first kappa shape index (κ1) is 19.7. The molecule has 1 amide bonds. The second-order valence-corrected chi connectivity index (χ2v) is 6.65. The van der Waals surface area contributed by atoms with Crippen LogP contribution >= 0.6 is 0 Å². The number of carbonyl (C=O) groups is 2. The summed E-state index contributed by atoms with van der Waals surface area (Å²) in [6, 6.07) is 7.59. The molecule has 0 aliphatic heterocycles. The second-order valence-electron chi connectivity index (χ2n) is 6.65. The van der Waals surface area contributed by atoms with Gasteiger partial charge in [-0.2, -0.15) is 0 Å². The zero-order chi connectivity index (χ0) is 18.3. The van der Waals surface area contributed by atoms with Crippen molar-refractivity contribution in [2.24, 2.45) is 0 Å². The van der Waals surface area contributed by atoms with Crippen LogP contribution in [0.15, 0.2) is 36.9 Å². The first-order valence-corrected chi connectivity index (χ1v) is 8.01. The number of benzene rings is 1. The zero-order valence-corrected chi connectivity index (χ0v) is 15.1. The van der Waals surface area contributed by atoms with Crippen molar-refractivity contribution >= 4 is 11.9 Å². The molecule has 132 valence electrons. The molecule has 2 atom stereocenters. The van der Waals surface area contributed by atoms with Crippen LogP contribution in [0.25, 0.3) is 0 Å². The fourth-order valence-electron chi connectivity index (χ4n) is 1.93. The van der Waals surface area contributed by atoms with Crippen LogP contribution in [-0.4, -0.2) is 30.6 Å². The van der Waals surface area contributed by atoms with Gasteiger partial charge in [-0.05, 0) is 37.0 Å². The van der Waals surface area contributed by atoms with E-state index < -0.39 is 18.2 Å². The van der Waals surface area contributed by atoms with Gasteiger partial charge < -0.3 is 14.8 Å². The van der Waals surface area contributed by atoms with E-state index in [1.165, 1.54) is 12.5 Å². The Morgan fingerprint density at radius 1 is 1.17 bits per heavy atom. The number of hydrogen-bond acceptors (Lipinski definition) is 4. The molecule has 0 spiro atoms. The standard InChI is InChI=1S/C19H27NO4/c1-7-12-20-17(21)13(2)24-18(22)14(3)23-16-10-8-15(9-11-16)19(4,5)6/h7-11,13-14H,1,12H2,2-6H3,(H,20,21)/t13-,14-/m1/s1. The van der Waals surface area contributed by atoms with Crippen LogP contribution in [0, 0.1) is 0 Å². The monoisotopic (exact) mass is 333 g/mol. The highest BCUT2D eigenvalue weighted by molar-refractivity contribution is 5.84. The van der Waals surface area contributed by atoms with E-state index in [-0.39, 0.29) is 11.3 Å². The third kappa shape index (κ3) is 6.07. The number of rotatable bonds is 7. The van der Waals surface area contributed by atoms with Crippen LogP contribution in [0.4, 0.5) is 0 Å². The van der Waals surface area contributed by atoms with Gasteiger partial charge in [0, 0.05) is 6.54 Å². The lowest BCUT2D eigenvalue weighted by Crippen LogP contribution is -2.38. The van der Waals surface area contributed by atoms with Crippen LogP contribution in [0.3, 0.4) is 0 Å². The molecular formula is C19H27NO4. The number of amides is 1. The summed E-state index contributed by atoms with van der Waals surface area (Å²) in [4.78, 5) is 23.7. The molecule has 1 aromatic rings. The van der Waals surface area contributed by atoms with Crippen molar-refractivity contribution in [3.8, 4) is 5.75 Å². The summed E-state index contributed by atoms with van der Waals surface area (Å²) in [5.74, 6) is -0.377. The van der Waals surface area contributed by atoms with E-state index in [0.717, 1.165) is 0 Å². The lowest BCUT2D eigenvalue weighted by atomic mass is 9.87. The average molecular weight is 333 g/mol. The minimum atomic E-state index is -0.883. The van der Waals surface area contributed by atoms with Gasteiger partial charge in [0.25, 0.3) is 5.91 Å². The van der Waals surface area contributed by atoms with E-state index in [1.807, 2.05) is 24.3 Å². The quantitative estimate of drug-likeness (QED) is 0.615. The molecule has 0 unspecified atom stereocenters. The Bertz CT molecular complexity index is 572. The first-order chi connectivity index (χ1) is 11.1. The van der Waals surface area contributed by atoms with E-state index in [4.69, 9.17) is 9.47 Å². The van der Waals surface area contributed by atoms with Crippen molar-refractivity contribution in [3.05, 3.63) is 42.5 Å². The van der Waals surface area contributed by atoms with Gasteiger partial charge in [-0.1, -0.05) is 39.0 Å². The molecule has 1 aromatic carbocycles. The third-order valence-corrected chi connectivity index (χ3v) is 3.45. The first-order valence-electron chi connectivity index (χ1n) is 8.01. The summed E-state index contributed by atoms with van der Waals surface area (Å²) in [5.41, 5.74) is 1.23. The predicted molar refractivity (Wildman–Crippen MR) is 94.0 cm³/mol. The van der Waals surface area contributed by atoms with Gasteiger partial charge in [-0.15, -0.1) is 6.58 Å². The molecule has 0 heterocycles. The van der Waals surface area contributed by atoms with Crippen molar-refractivity contribution in [1.82, 2.24) is 5.32 Å². The molecule has 0 bridgehead atoms. The van der Waals surface area contributed by atoms with E-state index in [9.17, 15) is 9.59 Å². The van der Waals surface area contributed by atoms with Crippen LogP contribution in [0.1, 0.15) is 40.2 Å². The maximum atomic E-state index is 12.0. The Labute approximate surface area is 144 Å². The van der Waals surface area contributed by atoms with Crippen molar-refractivity contribution < 1.29 is 19.1 Å². The van der Waals surface area contributed by atoms with Crippen LogP contribution in [0.5, 0.6) is 5.75 Å². The largest absolute Gasteiger partial charge is 0.479 e.